The van der Waals surface area contributed by atoms with Crippen LogP contribution in [0.15, 0.2) is 18.2 Å². The molecule has 2 heteroatoms. The predicted molar refractivity (Wildman–Crippen MR) is 69.3 cm³/mol. The molecule has 0 amide bonds. The van der Waals surface area contributed by atoms with E-state index in [-0.39, 0.29) is 5.78 Å². The molecule has 0 atom stereocenters. The fourth-order valence-corrected chi connectivity index (χ4v) is 2.31. The summed E-state index contributed by atoms with van der Waals surface area (Å²) in [5.41, 5.74) is 6.47. The third-order valence-corrected chi connectivity index (χ3v) is 3.48. The van der Waals surface area contributed by atoms with Gasteiger partial charge in [-0.1, -0.05) is 25.6 Å². The maximum atomic E-state index is 11.5. The summed E-state index contributed by atoms with van der Waals surface area (Å²) < 4.78 is 0. The molecule has 0 saturated carbocycles. The lowest BCUT2D eigenvalue weighted by molar-refractivity contribution is 0.0994. The molecule has 0 unspecified atom stereocenters. The van der Waals surface area contributed by atoms with Crippen LogP contribution in [0, 0.1) is 11.5 Å². The minimum atomic E-state index is -1.31. The normalized spacial score (nSPS) is 14.3. The second kappa shape index (κ2) is 3.91. The summed E-state index contributed by atoms with van der Waals surface area (Å²) in [7, 11) is -1.31. The van der Waals surface area contributed by atoms with E-state index in [1.807, 2.05) is 12.1 Å². The lowest BCUT2D eigenvalue weighted by Crippen LogP contribution is -2.16. The lowest BCUT2D eigenvalue weighted by atomic mass is 10.1. The number of fused-ring (bicyclic) bond motifs is 1. The van der Waals surface area contributed by atoms with Gasteiger partial charge in [0, 0.05) is 17.5 Å². The van der Waals surface area contributed by atoms with Gasteiger partial charge in [0.1, 0.15) is 8.07 Å². The second-order valence-corrected chi connectivity index (χ2v) is 10.0. The molecule has 0 fully saturated rings. The van der Waals surface area contributed by atoms with Crippen LogP contribution in [-0.2, 0) is 6.42 Å². The number of rotatable bonds is 0. The molecule has 1 aromatic carbocycles. The highest BCUT2D eigenvalue weighted by atomic mass is 28.3. The van der Waals surface area contributed by atoms with Gasteiger partial charge in [0.25, 0.3) is 0 Å². The van der Waals surface area contributed by atoms with Crippen LogP contribution in [0.2, 0.25) is 19.6 Å². The average Bonchev–Trinajstić information content (AvgIpc) is 2.56. The first-order valence-corrected chi connectivity index (χ1v) is 9.15. The first kappa shape index (κ1) is 11.2. The highest BCUT2D eigenvalue weighted by Gasteiger charge is 2.18. The summed E-state index contributed by atoms with van der Waals surface area (Å²) in [5.74, 6) is 3.51. The van der Waals surface area contributed by atoms with Gasteiger partial charge in [-0.3, -0.25) is 4.79 Å². The average molecular weight is 228 g/mol. The first-order chi connectivity index (χ1) is 7.46. The molecule has 1 aliphatic carbocycles. The van der Waals surface area contributed by atoms with Gasteiger partial charge in [0.15, 0.2) is 5.78 Å². The molecule has 0 N–H and O–H groups in total. The van der Waals surface area contributed by atoms with E-state index in [0.717, 1.165) is 17.5 Å². The van der Waals surface area contributed by atoms with E-state index in [1.54, 1.807) is 0 Å². The predicted octanol–water partition coefficient (Wildman–Crippen LogP) is 3.04. The van der Waals surface area contributed by atoms with Crippen molar-refractivity contribution in [3.63, 3.8) is 0 Å². The van der Waals surface area contributed by atoms with E-state index in [1.165, 1.54) is 5.56 Å². The smallest absolute Gasteiger partial charge is 0.163 e. The van der Waals surface area contributed by atoms with Crippen molar-refractivity contribution in [3.05, 3.63) is 34.9 Å². The summed E-state index contributed by atoms with van der Waals surface area (Å²) in [6.45, 7) is 6.70. The quantitative estimate of drug-likeness (QED) is 0.493. The van der Waals surface area contributed by atoms with E-state index in [9.17, 15) is 4.79 Å². The van der Waals surface area contributed by atoms with Crippen LogP contribution < -0.4 is 0 Å². The van der Waals surface area contributed by atoms with E-state index < -0.39 is 8.07 Å². The minimum Gasteiger partial charge on any atom is -0.294 e. The number of carbonyl (C=O) groups is 1. The van der Waals surface area contributed by atoms with Gasteiger partial charge < -0.3 is 0 Å². The Morgan fingerprint density at radius 3 is 2.62 bits per heavy atom. The number of hydrogen-bond acceptors (Lipinski definition) is 1. The summed E-state index contributed by atoms with van der Waals surface area (Å²) in [5, 5.41) is 0. The summed E-state index contributed by atoms with van der Waals surface area (Å²) in [4.78, 5) is 11.5. The van der Waals surface area contributed by atoms with Crippen molar-refractivity contribution in [2.75, 3.05) is 0 Å². The molecular weight excluding hydrogens is 212 g/mol. The Morgan fingerprint density at radius 2 is 1.94 bits per heavy atom. The SMILES string of the molecule is C[Si](C)(C)C#Cc1ccc2c(c1)CCC2=O. The summed E-state index contributed by atoms with van der Waals surface area (Å²) >= 11 is 0. The zero-order valence-electron chi connectivity index (χ0n) is 10.1. The van der Waals surface area contributed by atoms with Crippen LogP contribution in [-0.4, -0.2) is 13.9 Å². The molecule has 0 aliphatic heterocycles. The second-order valence-electron chi connectivity index (χ2n) is 5.30. The van der Waals surface area contributed by atoms with Gasteiger partial charge in [-0.25, -0.2) is 0 Å². The van der Waals surface area contributed by atoms with Crippen molar-refractivity contribution in [3.8, 4) is 11.5 Å². The Hall–Kier alpha value is -1.33. The largest absolute Gasteiger partial charge is 0.294 e. The molecule has 82 valence electrons. The van der Waals surface area contributed by atoms with Gasteiger partial charge in [-0.05, 0) is 30.2 Å². The van der Waals surface area contributed by atoms with Crippen LogP contribution in [0.5, 0.6) is 0 Å². The standard InChI is InChI=1S/C14H16OSi/c1-16(2,3)9-8-11-4-6-13-12(10-11)5-7-14(13)15/h4,6,10H,5,7H2,1-3H3. The molecule has 16 heavy (non-hydrogen) atoms. The van der Waals surface area contributed by atoms with Crippen LogP contribution in [0.25, 0.3) is 0 Å². The molecular formula is C14H16OSi. The van der Waals surface area contributed by atoms with Gasteiger partial charge >= 0.3 is 0 Å². The van der Waals surface area contributed by atoms with Crippen molar-refractivity contribution in [2.24, 2.45) is 0 Å². The van der Waals surface area contributed by atoms with Crippen LogP contribution in [0.4, 0.5) is 0 Å². The summed E-state index contributed by atoms with van der Waals surface area (Å²) in [6, 6.07) is 5.97. The molecule has 1 aromatic rings. The molecule has 0 spiro atoms. The molecule has 1 aliphatic rings. The van der Waals surface area contributed by atoms with E-state index in [2.05, 4.69) is 37.2 Å². The third-order valence-electron chi connectivity index (χ3n) is 2.61. The Kier molecular flexibility index (Phi) is 2.73. The van der Waals surface area contributed by atoms with Crippen molar-refractivity contribution >= 4 is 13.9 Å². The molecule has 0 saturated heterocycles. The Labute approximate surface area is 97.9 Å². The van der Waals surface area contributed by atoms with Crippen molar-refractivity contribution in [1.29, 1.82) is 0 Å². The first-order valence-electron chi connectivity index (χ1n) is 5.65. The fourth-order valence-electron chi connectivity index (χ4n) is 1.79. The fraction of sp³-hybridized carbons (Fsp3) is 0.357. The van der Waals surface area contributed by atoms with Crippen LogP contribution >= 0.6 is 0 Å². The van der Waals surface area contributed by atoms with Crippen LogP contribution in [0.3, 0.4) is 0 Å². The molecule has 0 heterocycles. The van der Waals surface area contributed by atoms with Crippen LogP contribution in [0.1, 0.15) is 27.9 Å². The number of benzene rings is 1. The molecule has 0 radical (unpaired) electrons. The zero-order chi connectivity index (χ0) is 11.8. The number of carbonyl (C=O) groups excluding carboxylic acids is 1. The number of Topliss-reactive ketones (excluding diaryl/α,β-unsaturated/α-hetero) is 1. The number of hydrogen-bond donors (Lipinski definition) is 0. The van der Waals surface area contributed by atoms with Gasteiger partial charge in [0.2, 0.25) is 0 Å². The maximum Gasteiger partial charge on any atom is 0.163 e. The highest BCUT2D eigenvalue weighted by molar-refractivity contribution is 6.83. The molecule has 0 bridgehead atoms. The van der Waals surface area contributed by atoms with Crippen molar-refractivity contribution in [1.82, 2.24) is 0 Å². The molecule has 1 nitrogen and oxygen atoms in total. The lowest BCUT2D eigenvalue weighted by Gasteiger charge is -2.04. The van der Waals surface area contributed by atoms with E-state index >= 15 is 0 Å². The topological polar surface area (TPSA) is 17.1 Å². The molecule has 2 rings (SSSR count). The van der Waals surface area contributed by atoms with Gasteiger partial charge in [-0.15, -0.1) is 5.54 Å². The Balaban J connectivity index is 2.32. The zero-order valence-corrected chi connectivity index (χ0v) is 11.1. The Morgan fingerprint density at radius 1 is 1.19 bits per heavy atom. The van der Waals surface area contributed by atoms with Crippen molar-refractivity contribution < 1.29 is 4.79 Å². The highest BCUT2D eigenvalue weighted by Crippen LogP contribution is 2.22. The summed E-state index contributed by atoms with van der Waals surface area (Å²) in [6.07, 6.45) is 1.55. The van der Waals surface area contributed by atoms with Crippen molar-refractivity contribution in [2.45, 2.75) is 32.5 Å². The van der Waals surface area contributed by atoms with Gasteiger partial charge in [-0.2, -0.15) is 0 Å². The number of ketones is 1. The maximum absolute atomic E-state index is 11.5. The van der Waals surface area contributed by atoms with Gasteiger partial charge in [0.05, 0.1) is 0 Å². The Bertz CT molecular complexity index is 498. The third kappa shape index (κ3) is 2.42. The monoisotopic (exact) mass is 228 g/mol. The molecule has 0 aromatic heterocycles. The minimum absolute atomic E-state index is 0.278. The van der Waals surface area contributed by atoms with E-state index in [0.29, 0.717) is 6.42 Å². The van der Waals surface area contributed by atoms with E-state index in [4.69, 9.17) is 0 Å². The number of aryl methyl sites for hydroxylation is 1.